The Morgan fingerprint density at radius 3 is 2.28 bits per heavy atom. The van der Waals surface area contributed by atoms with Gasteiger partial charge in [-0.05, 0) is 42.3 Å². The average molecular weight is 463 g/mol. The van der Waals surface area contributed by atoms with Gasteiger partial charge in [-0.25, -0.2) is 4.79 Å². The number of methoxy groups -OCH3 is 1. The van der Waals surface area contributed by atoms with Crippen LogP contribution >= 0.6 is 11.6 Å². The number of halogens is 1. The Morgan fingerprint density at radius 2 is 1.81 bits per heavy atom. The summed E-state index contributed by atoms with van der Waals surface area (Å²) in [6.07, 6.45) is 0.592. The Morgan fingerprint density at radius 1 is 1.19 bits per heavy atom. The summed E-state index contributed by atoms with van der Waals surface area (Å²) in [4.78, 5) is 28.0. The Labute approximate surface area is 191 Å². The summed E-state index contributed by atoms with van der Waals surface area (Å²) in [5.41, 5.74) is 11.7. The molecule has 0 atom stereocenters. The number of rotatable bonds is 6. The molecule has 11 heteroatoms. The number of carboxylic acid groups (broad SMARTS) is 1. The number of carbonyl (C=O) groups excluding carboxylic acids is 1. The van der Waals surface area contributed by atoms with E-state index in [1.54, 1.807) is 61.5 Å². The predicted octanol–water partition coefficient (Wildman–Crippen LogP) is 1.78. The van der Waals surface area contributed by atoms with Crippen molar-refractivity contribution in [1.29, 1.82) is 5.41 Å². The van der Waals surface area contributed by atoms with Crippen LogP contribution in [0.5, 0.6) is 5.75 Å². The largest absolute Gasteiger partial charge is 0.496 e. The lowest BCUT2D eigenvalue weighted by atomic mass is 10.1. The molecule has 0 spiro atoms. The lowest BCUT2D eigenvalue weighted by Crippen LogP contribution is -2.32. The second-order valence-electron chi connectivity index (χ2n) is 6.60. The molecule has 10 nitrogen and oxygen atoms in total. The van der Waals surface area contributed by atoms with Crippen molar-refractivity contribution in [3.8, 4) is 5.75 Å². The summed E-state index contributed by atoms with van der Waals surface area (Å²) in [5, 5.41) is 18.8. The van der Waals surface area contributed by atoms with Gasteiger partial charge in [0.05, 0.1) is 18.2 Å². The molecular formula is C21H27ClN6O4. The zero-order valence-electron chi connectivity index (χ0n) is 18.1. The minimum Gasteiger partial charge on any atom is -0.496 e. The molecule has 0 bridgehead atoms. The summed E-state index contributed by atoms with van der Waals surface area (Å²) in [5.74, 6) is -0.814. The van der Waals surface area contributed by atoms with E-state index in [4.69, 9.17) is 38.3 Å². The Balaban J connectivity index is 0.000000482. The number of carboxylic acids is 1. The number of benzene rings is 2. The summed E-state index contributed by atoms with van der Waals surface area (Å²) in [6.45, 7) is 0.418. The fraction of sp³-hybridized carbons (Fsp3) is 0.238. The second-order valence-corrected chi connectivity index (χ2v) is 7.04. The van der Waals surface area contributed by atoms with E-state index in [0.29, 0.717) is 29.3 Å². The molecule has 1 amide bonds. The number of guanidine groups is 2. The van der Waals surface area contributed by atoms with Gasteiger partial charge in [0, 0.05) is 25.7 Å². The molecule has 172 valence electrons. The van der Waals surface area contributed by atoms with Gasteiger partial charge in [0.1, 0.15) is 5.75 Å². The maximum Gasteiger partial charge on any atom is 0.335 e. The average Bonchev–Trinajstić information content (AvgIpc) is 2.74. The Kier molecular flexibility index (Phi) is 10.5. The smallest absolute Gasteiger partial charge is 0.335 e. The van der Waals surface area contributed by atoms with Crippen molar-refractivity contribution >= 4 is 35.4 Å². The maximum atomic E-state index is 12.2. The molecule has 0 saturated carbocycles. The van der Waals surface area contributed by atoms with Gasteiger partial charge >= 0.3 is 5.97 Å². The minimum atomic E-state index is -0.960. The maximum absolute atomic E-state index is 12.2. The second kappa shape index (κ2) is 12.8. The van der Waals surface area contributed by atoms with Gasteiger partial charge in [-0.1, -0.05) is 23.7 Å². The number of aliphatic imine (C=N–C) groups is 1. The van der Waals surface area contributed by atoms with E-state index in [0.717, 1.165) is 5.56 Å². The van der Waals surface area contributed by atoms with Crippen molar-refractivity contribution in [1.82, 2.24) is 10.2 Å². The molecule has 7 N–H and O–H groups in total. The Hall–Kier alpha value is -3.79. The fourth-order valence-corrected chi connectivity index (χ4v) is 2.48. The van der Waals surface area contributed by atoms with E-state index in [2.05, 4.69) is 10.3 Å². The lowest BCUT2D eigenvalue weighted by Gasteiger charge is -2.10. The quantitative estimate of drug-likeness (QED) is 0.322. The van der Waals surface area contributed by atoms with Crippen LogP contribution in [-0.4, -0.2) is 61.6 Å². The number of hydrogen-bond donors (Lipinski definition) is 5. The van der Waals surface area contributed by atoms with Gasteiger partial charge in [0.15, 0.2) is 5.96 Å². The molecule has 0 aromatic heterocycles. The molecule has 2 rings (SSSR count). The van der Waals surface area contributed by atoms with Crippen molar-refractivity contribution in [3.05, 3.63) is 64.2 Å². The summed E-state index contributed by atoms with van der Waals surface area (Å²) in [7, 11) is 4.94. The fourth-order valence-electron chi connectivity index (χ4n) is 2.31. The first kappa shape index (κ1) is 26.2. The topological polar surface area (TPSA) is 167 Å². The van der Waals surface area contributed by atoms with Crippen LogP contribution < -0.4 is 21.5 Å². The normalized spacial score (nSPS) is 10.4. The number of nitrogens with two attached hydrogens (primary N) is 2. The molecule has 0 radical (unpaired) electrons. The first-order chi connectivity index (χ1) is 15.0. The third-order valence-corrected chi connectivity index (χ3v) is 4.23. The van der Waals surface area contributed by atoms with Gasteiger partial charge in [0.2, 0.25) is 5.96 Å². The monoisotopic (exact) mass is 462 g/mol. The highest BCUT2D eigenvalue weighted by Crippen LogP contribution is 2.22. The highest BCUT2D eigenvalue weighted by atomic mass is 35.5. The molecule has 0 aliphatic carbocycles. The predicted molar refractivity (Wildman–Crippen MR) is 125 cm³/mol. The number of nitrogens with zero attached hydrogens (tertiary/aromatic N) is 2. The molecule has 0 saturated heterocycles. The molecule has 0 unspecified atom stereocenters. The van der Waals surface area contributed by atoms with Crippen LogP contribution in [0.1, 0.15) is 26.3 Å². The molecular weight excluding hydrogens is 436 g/mol. The van der Waals surface area contributed by atoms with Crippen molar-refractivity contribution in [2.45, 2.75) is 6.42 Å². The van der Waals surface area contributed by atoms with Crippen LogP contribution in [0, 0.1) is 5.41 Å². The van der Waals surface area contributed by atoms with Crippen molar-refractivity contribution in [2.24, 2.45) is 16.5 Å². The number of hydrogen-bond acceptors (Lipinski definition) is 4. The molecule has 0 fully saturated rings. The third-order valence-electron chi connectivity index (χ3n) is 4.00. The van der Waals surface area contributed by atoms with E-state index in [-0.39, 0.29) is 23.4 Å². The van der Waals surface area contributed by atoms with Crippen molar-refractivity contribution in [2.75, 3.05) is 27.7 Å². The zero-order valence-corrected chi connectivity index (χ0v) is 18.8. The number of nitrogens with one attached hydrogen (secondary N) is 2. The van der Waals surface area contributed by atoms with Gasteiger partial charge < -0.3 is 31.5 Å². The summed E-state index contributed by atoms with van der Waals surface area (Å²) in [6, 6.07) is 11.4. The van der Waals surface area contributed by atoms with Gasteiger partial charge in [0.25, 0.3) is 5.91 Å². The molecule has 0 heterocycles. The first-order valence-electron chi connectivity index (χ1n) is 9.34. The summed E-state index contributed by atoms with van der Waals surface area (Å²) < 4.78 is 5.15. The molecule has 2 aromatic rings. The summed E-state index contributed by atoms with van der Waals surface area (Å²) >= 11 is 5.90. The van der Waals surface area contributed by atoms with Crippen LogP contribution in [0.2, 0.25) is 5.02 Å². The first-order valence-corrected chi connectivity index (χ1v) is 9.72. The molecule has 0 aliphatic rings. The van der Waals surface area contributed by atoms with Crippen LogP contribution in [0.3, 0.4) is 0 Å². The van der Waals surface area contributed by atoms with Gasteiger partial charge in [-0.3, -0.25) is 10.2 Å². The Bertz CT molecular complexity index is 977. The van der Waals surface area contributed by atoms with E-state index in [9.17, 15) is 9.59 Å². The highest BCUT2D eigenvalue weighted by Gasteiger charge is 2.12. The van der Waals surface area contributed by atoms with E-state index in [1.807, 2.05) is 0 Å². The van der Waals surface area contributed by atoms with E-state index in [1.165, 1.54) is 7.11 Å². The SMILES string of the molecule is CN(C)C(N)=NC(=N)N.COc1ccc(Cl)cc1C(=O)NCCc1ccc(C(=O)O)cc1. The number of ether oxygens (including phenoxy) is 1. The minimum absolute atomic E-state index is 0.237. The molecule has 0 aliphatic heterocycles. The lowest BCUT2D eigenvalue weighted by molar-refractivity contribution is 0.0696. The third kappa shape index (κ3) is 8.92. The van der Waals surface area contributed by atoms with E-state index < -0.39 is 5.97 Å². The molecule has 32 heavy (non-hydrogen) atoms. The van der Waals surface area contributed by atoms with Crippen LogP contribution in [-0.2, 0) is 6.42 Å². The highest BCUT2D eigenvalue weighted by molar-refractivity contribution is 6.31. The number of carbonyl (C=O) groups is 2. The zero-order chi connectivity index (χ0) is 24.3. The van der Waals surface area contributed by atoms with Crippen molar-refractivity contribution < 1.29 is 19.4 Å². The van der Waals surface area contributed by atoms with Crippen molar-refractivity contribution in [3.63, 3.8) is 0 Å². The van der Waals surface area contributed by atoms with E-state index >= 15 is 0 Å². The van der Waals surface area contributed by atoms with Crippen LogP contribution in [0.4, 0.5) is 0 Å². The standard InChI is InChI=1S/C17H16ClNO4.C4H11N5/c1-23-15-7-6-13(18)10-14(15)16(20)19-9-8-11-2-4-12(5-3-11)17(21)22;1-9(2)4(7)8-3(5)6/h2-7,10H,8-9H2,1H3,(H,19,20)(H,21,22);1-2H3,(H5,5,6,7,8). The molecule has 2 aromatic carbocycles. The number of amides is 1. The van der Waals surface area contributed by atoms with Gasteiger partial charge in [-0.2, -0.15) is 4.99 Å². The van der Waals surface area contributed by atoms with Gasteiger partial charge in [-0.15, -0.1) is 0 Å². The van der Waals surface area contributed by atoms with Crippen LogP contribution in [0.25, 0.3) is 0 Å². The van der Waals surface area contributed by atoms with Crippen LogP contribution in [0.15, 0.2) is 47.5 Å². The number of aromatic carboxylic acids is 1.